The van der Waals surface area contributed by atoms with E-state index in [0.717, 1.165) is 10.7 Å². The zero-order valence-corrected chi connectivity index (χ0v) is 14.6. The number of aryl methyl sites for hydroxylation is 1. The molecule has 2 aliphatic rings. The fourth-order valence-corrected chi connectivity index (χ4v) is 3.54. The van der Waals surface area contributed by atoms with Crippen molar-refractivity contribution in [1.82, 2.24) is 24.7 Å². The third kappa shape index (κ3) is 2.41. The summed E-state index contributed by atoms with van der Waals surface area (Å²) in [4.78, 5) is 44.6. The van der Waals surface area contributed by atoms with Crippen LogP contribution in [0.3, 0.4) is 0 Å². The summed E-state index contributed by atoms with van der Waals surface area (Å²) in [7, 11) is 3.34. The van der Waals surface area contributed by atoms with E-state index in [4.69, 9.17) is 0 Å². The van der Waals surface area contributed by atoms with Crippen molar-refractivity contribution in [2.75, 3.05) is 26.7 Å². The van der Waals surface area contributed by atoms with E-state index in [2.05, 4.69) is 10.3 Å². The number of hydrogen-bond acceptors (Lipinski definition) is 5. The van der Waals surface area contributed by atoms with Gasteiger partial charge in [0.1, 0.15) is 11.9 Å². The van der Waals surface area contributed by atoms with Crippen LogP contribution in [0, 0.1) is 0 Å². The highest BCUT2D eigenvalue weighted by Crippen LogP contribution is 2.26. The number of imidazole rings is 1. The molecule has 2 aliphatic heterocycles. The van der Waals surface area contributed by atoms with E-state index in [1.807, 2.05) is 17.8 Å². The van der Waals surface area contributed by atoms with E-state index in [1.54, 1.807) is 23.2 Å². The number of aromatic nitrogens is 2. The van der Waals surface area contributed by atoms with E-state index in [1.165, 1.54) is 13.1 Å². The standard InChI is InChI=1S/C18H19N5O3/c1-21-7-6-20-15(21)14-10-19-5-8-23(14)16(24)11-3-4-12-13(9-11)18(26)22(2)17(12)25/h3-4,6-7,9,14,19H,5,8,10H2,1-2H3. The van der Waals surface area contributed by atoms with Gasteiger partial charge in [0.2, 0.25) is 0 Å². The summed E-state index contributed by atoms with van der Waals surface area (Å²) in [6.07, 6.45) is 3.56. The topological polar surface area (TPSA) is 87.5 Å². The molecule has 0 spiro atoms. The van der Waals surface area contributed by atoms with E-state index in [9.17, 15) is 14.4 Å². The molecule has 3 amide bonds. The molecule has 8 heteroatoms. The van der Waals surface area contributed by atoms with Crippen molar-refractivity contribution in [3.8, 4) is 0 Å². The van der Waals surface area contributed by atoms with Gasteiger partial charge in [-0.15, -0.1) is 0 Å². The Hall–Kier alpha value is -3.00. The second-order valence-electron chi connectivity index (χ2n) is 6.54. The molecule has 134 valence electrons. The largest absolute Gasteiger partial charge is 0.336 e. The van der Waals surface area contributed by atoms with Crippen molar-refractivity contribution in [2.24, 2.45) is 7.05 Å². The third-order valence-electron chi connectivity index (χ3n) is 5.00. The van der Waals surface area contributed by atoms with Crippen molar-refractivity contribution >= 4 is 17.7 Å². The summed E-state index contributed by atoms with van der Waals surface area (Å²) in [5.41, 5.74) is 1.03. The highest BCUT2D eigenvalue weighted by molar-refractivity contribution is 6.21. The van der Waals surface area contributed by atoms with Crippen LogP contribution in [-0.2, 0) is 7.05 Å². The zero-order valence-electron chi connectivity index (χ0n) is 14.6. The number of carbonyl (C=O) groups excluding carboxylic acids is 3. The number of hydrogen-bond donors (Lipinski definition) is 1. The molecule has 0 saturated carbocycles. The summed E-state index contributed by atoms with van der Waals surface area (Å²) in [5.74, 6) is -0.0764. The molecule has 0 bridgehead atoms. The van der Waals surface area contributed by atoms with Gasteiger partial charge in [0.15, 0.2) is 0 Å². The van der Waals surface area contributed by atoms with Gasteiger partial charge in [-0.05, 0) is 18.2 Å². The average Bonchev–Trinajstić information content (AvgIpc) is 3.18. The maximum Gasteiger partial charge on any atom is 0.261 e. The molecule has 1 aromatic heterocycles. The minimum atomic E-state index is -0.374. The van der Waals surface area contributed by atoms with Crippen LogP contribution in [0.2, 0.25) is 0 Å². The molecule has 1 aromatic carbocycles. The molecule has 0 radical (unpaired) electrons. The number of rotatable bonds is 2. The molecule has 0 aliphatic carbocycles. The van der Waals surface area contributed by atoms with Gasteiger partial charge in [0, 0.05) is 51.7 Å². The fraction of sp³-hybridized carbons (Fsp3) is 0.333. The van der Waals surface area contributed by atoms with Crippen molar-refractivity contribution in [2.45, 2.75) is 6.04 Å². The lowest BCUT2D eigenvalue weighted by Crippen LogP contribution is -2.49. The number of carbonyl (C=O) groups is 3. The van der Waals surface area contributed by atoms with Crippen molar-refractivity contribution in [3.05, 3.63) is 53.1 Å². The molecule has 1 unspecified atom stereocenters. The monoisotopic (exact) mass is 353 g/mol. The molecule has 3 heterocycles. The van der Waals surface area contributed by atoms with Crippen LogP contribution >= 0.6 is 0 Å². The lowest BCUT2D eigenvalue weighted by molar-refractivity contribution is 0.0620. The van der Waals surface area contributed by atoms with E-state index >= 15 is 0 Å². The van der Waals surface area contributed by atoms with E-state index in [0.29, 0.717) is 30.8 Å². The number of benzene rings is 1. The van der Waals surface area contributed by atoms with Crippen LogP contribution in [0.25, 0.3) is 0 Å². The van der Waals surface area contributed by atoms with Crippen LogP contribution in [0.15, 0.2) is 30.6 Å². The number of amides is 3. The maximum absolute atomic E-state index is 13.1. The van der Waals surface area contributed by atoms with Crippen molar-refractivity contribution in [1.29, 1.82) is 0 Å². The normalized spacial score (nSPS) is 19.8. The molecule has 2 aromatic rings. The van der Waals surface area contributed by atoms with Crippen LogP contribution < -0.4 is 5.32 Å². The zero-order chi connectivity index (χ0) is 18.4. The van der Waals surface area contributed by atoms with Gasteiger partial charge < -0.3 is 14.8 Å². The number of nitrogens with one attached hydrogen (secondary N) is 1. The van der Waals surface area contributed by atoms with Gasteiger partial charge in [-0.1, -0.05) is 0 Å². The minimum absolute atomic E-state index is 0.169. The van der Waals surface area contributed by atoms with Gasteiger partial charge in [-0.2, -0.15) is 0 Å². The van der Waals surface area contributed by atoms with Crippen LogP contribution in [-0.4, -0.2) is 63.8 Å². The fourth-order valence-electron chi connectivity index (χ4n) is 3.54. The average molecular weight is 353 g/mol. The predicted octanol–water partition coefficient (Wildman–Crippen LogP) is 0.433. The van der Waals surface area contributed by atoms with Gasteiger partial charge in [0.05, 0.1) is 11.1 Å². The van der Waals surface area contributed by atoms with E-state index < -0.39 is 0 Å². The molecule has 26 heavy (non-hydrogen) atoms. The van der Waals surface area contributed by atoms with E-state index in [-0.39, 0.29) is 29.3 Å². The highest BCUT2D eigenvalue weighted by Gasteiger charge is 2.35. The second kappa shape index (κ2) is 6.06. The number of fused-ring (bicyclic) bond motifs is 1. The first-order valence-electron chi connectivity index (χ1n) is 8.44. The van der Waals surface area contributed by atoms with Crippen LogP contribution in [0.1, 0.15) is 42.9 Å². The van der Waals surface area contributed by atoms with Crippen LogP contribution in [0.5, 0.6) is 0 Å². The first-order chi connectivity index (χ1) is 12.5. The Morgan fingerprint density at radius 3 is 2.69 bits per heavy atom. The summed E-state index contributed by atoms with van der Waals surface area (Å²) < 4.78 is 1.90. The Bertz CT molecular complexity index is 919. The third-order valence-corrected chi connectivity index (χ3v) is 5.00. The number of nitrogens with zero attached hydrogens (tertiary/aromatic N) is 4. The highest BCUT2D eigenvalue weighted by atomic mass is 16.2. The summed E-state index contributed by atoms with van der Waals surface area (Å²) in [6, 6.07) is 4.51. The molecule has 1 saturated heterocycles. The van der Waals surface area contributed by atoms with Gasteiger partial charge in [0.25, 0.3) is 17.7 Å². The van der Waals surface area contributed by atoms with Gasteiger partial charge >= 0.3 is 0 Å². The number of imide groups is 1. The molecule has 8 nitrogen and oxygen atoms in total. The predicted molar refractivity (Wildman–Crippen MR) is 92.7 cm³/mol. The molecular weight excluding hydrogens is 334 g/mol. The Balaban J connectivity index is 1.68. The minimum Gasteiger partial charge on any atom is -0.336 e. The SMILES string of the molecule is CN1C(=O)c2ccc(C(=O)N3CCNCC3c3nccn3C)cc2C1=O. The Labute approximate surface area is 150 Å². The lowest BCUT2D eigenvalue weighted by atomic mass is 10.0. The molecule has 1 N–H and O–H groups in total. The van der Waals surface area contributed by atoms with Gasteiger partial charge in [-0.3, -0.25) is 19.3 Å². The first-order valence-corrected chi connectivity index (χ1v) is 8.44. The van der Waals surface area contributed by atoms with Crippen LogP contribution in [0.4, 0.5) is 0 Å². The van der Waals surface area contributed by atoms with Gasteiger partial charge in [-0.25, -0.2) is 4.98 Å². The molecule has 1 atom stereocenters. The Morgan fingerprint density at radius 2 is 1.96 bits per heavy atom. The molecular formula is C18H19N5O3. The molecule has 1 fully saturated rings. The van der Waals surface area contributed by atoms with Crippen molar-refractivity contribution < 1.29 is 14.4 Å². The summed E-state index contributed by atoms with van der Waals surface area (Å²) in [5, 5.41) is 3.29. The summed E-state index contributed by atoms with van der Waals surface area (Å²) in [6.45, 7) is 1.85. The maximum atomic E-state index is 13.1. The lowest BCUT2D eigenvalue weighted by Gasteiger charge is -2.35. The Morgan fingerprint density at radius 1 is 1.19 bits per heavy atom. The smallest absolute Gasteiger partial charge is 0.261 e. The quantitative estimate of drug-likeness (QED) is 0.792. The molecule has 4 rings (SSSR count). The Kier molecular flexibility index (Phi) is 3.84. The number of piperazine rings is 1. The first kappa shape index (κ1) is 16.5. The second-order valence-corrected chi connectivity index (χ2v) is 6.54. The summed E-state index contributed by atoms with van der Waals surface area (Å²) >= 11 is 0. The van der Waals surface area contributed by atoms with Crippen molar-refractivity contribution in [3.63, 3.8) is 0 Å².